The van der Waals surface area contributed by atoms with Gasteiger partial charge in [0, 0.05) is 29.5 Å². The Morgan fingerprint density at radius 1 is 0.525 bits per heavy atom. The second-order valence-corrected chi connectivity index (χ2v) is 22.8. The van der Waals surface area contributed by atoms with Crippen molar-refractivity contribution in [2.75, 3.05) is 13.2 Å². The zero-order valence-electron chi connectivity index (χ0n) is 36.6. The molecule has 8 bridgehead atoms. The highest BCUT2D eigenvalue weighted by Crippen LogP contribution is 2.50. The van der Waals surface area contributed by atoms with E-state index in [0.717, 1.165) is 58.9 Å². The fraction of sp³-hybridized carbons (Fsp3) is 0.909. The molecule has 59 heavy (non-hydrogen) atoms. The molecule has 13 nitrogen and oxygen atoms in total. The van der Waals surface area contributed by atoms with Crippen LogP contribution in [0.1, 0.15) is 148 Å². The van der Waals surface area contributed by atoms with Crippen molar-refractivity contribution in [3.05, 3.63) is 17.6 Å². The van der Waals surface area contributed by atoms with Gasteiger partial charge in [0.05, 0.1) is 62.5 Å². The summed E-state index contributed by atoms with van der Waals surface area (Å²) in [7, 11) is 0. The van der Waals surface area contributed by atoms with Crippen LogP contribution in [0.2, 0.25) is 0 Å². The highest BCUT2D eigenvalue weighted by Gasteiger charge is 2.54. The minimum absolute atomic E-state index is 0.222. The van der Waals surface area contributed by atoms with E-state index in [1.54, 1.807) is 6.07 Å². The first kappa shape index (κ1) is 43.4. The van der Waals surface area contributed by atoms with E-state index >= 15 is 0 Å². The fourth-order valence-electron chi connectivity index (χ4n) is 13.4. The van der Waals surface area contributed by atoms with E-state index in [0.29, 0.717) is 68.4 Å². The molecule has 9 fully saturated rings. The third-order valence-corrected chi connectivity index (χ3v) is 18.4. The molecule has 4 saturated carbocycles. The van der Waals surface area contributed by atoms with Crippen molar-refractivity contribution in [1.82, 2.24) is 52.5 Å². The summed E-state index contributed by atoms with van der Waals surface area (Å²) in [5.74, 6) is 7.34. The number of nitrogens with one attached hydrogen (secondary N) is 8. The van der Waals surface area contributed by atoms with Gasteiger partial charge in [-0.3, -0.25) is 51.6 Å². The minimum atomic E-state index is -2.77. The van der Waals surface area contributed by atoms with E-state index in [1.807, 2.05) is 34.6 Å². The van der Waals surface area contributed by atoms with Gasteiger partial charge in [0.1, 0.15) is 5.82 Å². The molecule has 5 aliphatic heterocycles. The average molecular weight is 857 g/mol. The van der Waals surface area contributed by atoms with Crippen LogP contribution >= 0.6 is 6.72 Å². The smallest absolute Gasteiger partial charge is 0.381 e. The first-order valence-corrected chi connectivity index (χ1v) is 26.8. The lowest BCUT2D eigenvalue weighted by molar-refractivity contribution is 0.167. The number of hydrogen-bond donors (Lipinski definition) is 8. The van der Waals surface area contributed by atoms with Crippen molar-refractivity contribution in [2.24, 2.45) is 47.3 Å². The number of fused-ring (bicyclic) bond motifs is 20. The van der Waals surface area contributed by atoms with Crippen LogP contribution in [0.5, 0.6) is 5.88 Å². The molecule has 5 saturated heterocycles. The zero-order valence-corrected chi connectivity index (χ0v) is 38.3. The summed E-state index contributed by atoms with van der Waals surface area (Å²) in [5, 5.41) is 33.8. The Bertz CT molecular complexity index is 1400. The second-order valence-electron chi connectivity index (χ2n) is 19.8. The first-order chi connectivity index (χ1) is 28.7. The van der Waals surface area contributed by atoms with Gasteiger partial charge < -0.3 is 4.52 Å². The van der Waals surface area contributed by atoms with E-state index in [1.165, 1.54) is 103 Å². The van der Waals surface area contributed by atoms with Gasteiger partial charge in [-0.05, 0) is 119 Å². The Kier molecular flexibility index (Phi) is 14.0. The summed E-state index contributed by atoms with van der Waals surface area (Å²) in [6.07, 6.45) is 25.6. The summed E-state index contributed by atoms with van der Waals surface area (Å²) in [4.78, 5) is 8.71. The van der Waals surface area contributed by atoms with Crippen LogP contribution in [0, 0.1) is 54.3 Å². The van der Waals surface area contributed by atoms with Crippen LogP contribution in [0.25, 0.3) is 0 Å². The third-order valence-electron chi connectivity index (χ3n) is 15.9. The quantitative estimate of drug-likeness (QED) is 0.147. The normalized spacial score (nSPS) is 42.9. The van der Waals surface area contributed by atoms with E-state index < -0.39 is 6.72 Å². The predicted octanol–water partition coefficient (Wildman–Crippen LogP) is 6.19. The Morgan fingerprint density at radius 2 is 0.797 bits per heavy atom. The van der Waals surface area contributed by atoms with Crippen LogP contribution in [0.15, 0.2) is 6.07 Å². The molecule has 6 heterocycles. The number of aromatic nitrogens is 2. The van der Waals surface area contributed by atoms with E-state index in [4.69, 9.17) is 25.4 Å². The van der Waals surface area contributed by atoms with Gasteiger partial charge in [0.2, 0.25) is 5.88 Å². The monoisotopic (exact) mass is 857 g/mol. The van der Waals surface area contributed by atoms with E-state index in [2.05, 4.69) is 52.5 Å². The fourth-order valence-corrected chi connectivity index (χ4v) is 15.4. The minimum Gasteiger partial charge on any atom is -0.406 e. The molecule has 0 amide bonds. The molecule has 0 radical (unpaired) electrons. The van der Waals surface area contributed by atoms with Gasteiger partial charge in [-0.1, -0.05) is 65.2 Å². The molecule has 0 spiro atoms. The van der Waals surface area contributed by atoms with Gasteiger partial charge in [0.25, 0.3) is 0 Å². The van der Waals surface area contributed by atoms with Crippen LogP contribution in [0.4, 0.5) is 0 Å². The summed E-state index contributed by atoms with van der Waals surface area (Å²) in [6, 6.07) is 1.74. The van der Waals surface area contributed by atoms with Crippen LogP contribution in [-0.2, 0) is 20.9 Å². The summed E-state index contributed by atoms with van der Waals surface area (Å²) in [6.45, 7) is 7.78. The Morgan fingerprint density at radius 3 is 1.03 bits per heavy atom. The van der Waals surface area contributed by atoms with Crippen molar-refractivity contribution < 1.29 is 13.6 Å². The van der Waals surface area contributed by atoms with Gasteiger partial charge in [-0.15, -0.1) is 0 Å². The first-order valence-electron chi connectivity index (χ1n) is 24.2. The van der Waals surface area contributed by atoms with Crippen LogP contribution in [-0.4, -0.2) is 72.5 Å². The Labute approximate surface area is 360 Å². The van der Waals surface area contributed by atoms with Crippen molar-refractivity contribution in [1.29, 1.82) is 0 Å². The Hall–Kier alpha value is -0.870. The largest absolute Gasteiger partial charge is 0.406 e. The van der Waals surface area contributed by atoms with Gasteiger partial charge in [-0.2, -0.15) is 4.98 Å². The number of rotatable bonds is 7. The standard InChI is InChI=1S/C32H56N8.C12H21N2O3PS/c1-2-10-18-17(9-1)25-33-26(18)38-28-21-13-5-6-14-22(21)30(35-28)40-32-24-16-8-7-15-23(24)31(36-32)39-29-20-12-4-3-11-19(20)27(34-29)37-25;1-6-15-18(19,16-7-2)17-11-8-10(5)13-12(14-11)9(3)4/h17-40H,1-16H2;8-9H,6-7H2,1-5H3. The molecule has 4 aliphatic carbocycles. The van der Waals surface area contributed by atoms with E-state index in [9.17, 15) is 0 Å². The maximum atomic E-state index is 5.68. The van der Waals surface area contributed by atoms with Gasteiger partial charge in [0.15, 0.2) is 0 Å². The van der Waals surface area contributed by atoms with Crippen molar-refractivity contribution in [3.8, 4) is 5.88 Å². The Balaban J connectivity index is 0.000000201. The molecule has 1 aromatic heterocycles. The molecule has 8 unspecified atom stereocenters. The molecule has 10 rings (SSSR count). The summed E-state index contributed by atoms with van der Waals surface area (Å²) < 4.78 is 16.6. The van der Waals surface area contributed by atoms with Crippen molar-refractivity contribution in [3.63, 3.8) is 0 Å². The van der Waals surface area contributed by atoms with Gasteiger partial charge >= 0.3 is 6.72 Å². The highest BCUT2D eigenvalue weighted by molar-refractivity contribution is 8.07. The highest BCUT2D eigenvalue weighted by atomic mass is 32.5. The molecule has 8 atom stereocenters. The molecular weight excluding hydrogens is 780 g/mol. The lowest BCUT2D eigenvalue weighted by Crippen LogP contribution is -2.61. The van der Waals surface area contributed by atoms with Crippen molar-refractivity contribution >= 4 is 18.5 Å². The molecule has 8 N–H and O–H groups in total. The molecule has 332 valence electrons. The van der Waals surface area contributed by atoms with Crippen molar-refractivity contribution in [2.45, 2.75) is 193 Å². The number of nitrogens with zero attached hydrogens (tertiary/aromatic N) is 2. The van der Waals surface area contributed by atoms with Gasteiger partial charge in [-0.25, -0.2) is 4.98 Å². The molecule has 1 aromatic rings. The average Bonchev–Trinajstić information content (AvgIpc) is 3.97. The molecule has 15 heteroatoms. The number of hydrogen-bond acceptors (Lipinski definition) is 14. The lowest BCUT2D eigenvalue weighted by Gasteiger charge is -2.35. The topological polar surface area (TPSA) is 150 Å². The summed E-state index contributed by atoms with van der Waals surface area (Å²) in [5.41, 5.74) is 0.836. The summed E-state index contributed by atoms with van der Waals surface area (Å²) >= 11 is 5.32. The SMILES string of the molecule is C1CCC2C3NC(NC4NC(NC5NC(NC6NC(N3)C3CCCCC63)C3CCCCC53)C3CCCCC43)C2C1.CCOP(=S)(OCC)Oc1cc(C)nc(C(C)C)n1. The lowest BCUT2D eigenvalue weighted by atomic mass is 9.76. The van der Waals surface area contributed by atoms with Crippen LogP contribution < -0.4 is 47.1 Å². The molecule has 9 aliphatic rings. The maximum Gasteiger partial charge on any atom is 0.381 e. The maximum absolute atomic E-state index is 5.68. The van der Waals surface area contributed by atoms with Crippen LogP contribution in [0.3, 0.4) is 0 Å². The molecular formula is C44H77N10O3PS. The zero-order chi connectivity index (χ0) is 40.7. The third kappa shape index (κ3) is 9.37. The second kappa shape index (κ2) is 19.1. The predicted molar refractivity (Wildman–Crippen MR) is 236 cm³/mol. The molecule has 0 aromatic carbocycles. The van der Waals surface area contributed by atoms with E-state index in [-0.39, 0.29) is 5.92 Å². The number of aryl methyl sites for hydroxylation is 1.